The Morgan fingerprint density at radius 1 is 1.06 bits per heavy atom. The van der Waals surface area contributed by atoms with Crippen molar-refractivity contribution in [1.29, 1.82) is 0 Å². The Labute approximate surface area is 192 Å². The van der Waals surface area contributed by atoms with Crippen molar-refractivity contribution in [2.75, 3.05) is 5.32 Å². The predicted octanol–water partition coefficient (Wildman–Crippen LogP) is 4.47. The minimum absolute atomic E-state index is 0.0293. The maximum Gasteiger partial charge on any atom is 0.437 e. The maximum atomic E-state index is 13.8. The number of hydrogen-bond acceptors (Lipinski definition) is 4. The smallest absolute Gasteiger partial charge is 0.364 e. The number of amides is 2. The fraction of sp³-hybridized carbons (Fsp3) is 0.167. The number of primary amides is 1. The Balaban J connectivity index is 1.77. The third-order valence-electron chi connectivity index (χ3n) is 5.34. The number of nitrogens with zero attached hydrogens (tertiary/aromatic N) is 3. The quantitative estimate of drug-likeness (QED) is 0.452. The van der Waals surface area contributed by atoms with Crippen molar-refractivity contribution in [2.45, 2.75) is 26.6 Å². The Kier molecular flexibility index (Phi) is 5.82. The number of nitrogens with two attached hydrogens (primary N) is 1. The summed E-state index contributed by atoms with van der Waals surface area (Å²) in [7, 11) is 0. The van der Waals surface area contributed by atoms with Crippen molar-refractivity contribution in [3.63, 3.8) is 0 Å². The summed E-state index contributed by atoms with van der Waals surface area (Å²) in [5, 5.41) is 6.47. The highest BCUT2D eigenvalue weighted by atomic mass is 19.4. The Morgan fingerprint density at radius 2 is 1.79 bits per heavy atom. The third-order valence-corrected chi connectivity index (χ3v) is 5.34. The molecule has 0 saturated carbocycles. The monoisotopic (exact) mass is 467 g/mol. The van der Waals surface area contributed by atoms with Gasteiger partial charge in [-0.1, -0.05) is 48.0 Å². The number of benzene rings is 2. The highest BCUT2D eigenvalue weighted by Gasteiger charge is 2.39. The first kappa shape index (κ1) is 23.0. The Hall–Kier alpha value is -4.21. The molecule has 174 valence electrons. The van der Waals surface area contributed by atoms with Crippen LogP contribution in [0, 0.1) is 13.8 Å². The van der Waals surface area contributed by atoms with Gasteiger partial charge in [0, 0.05) is 5.39 Å². The lowest BCUT2D eigenvalue weighted by atomic mass is 10.1. The molecule has 0 bridgehead atoms. The molecular formula is C24H20F3N5O2. The fourth-order valence-corrected chi connectivity index (χ4v) is 3.70. The number of hydrogen-bond donors (Lipinski definition) is 2. The molecule has 0 aliphatic rings. The number of halogens is 3. The predicted molar refractivity (Wildman–Crippen MR) is 120 cm³/mol. The second-order valence-electron chi connectivity index (χ2n) is 7.84. The number of rotatable bonds is 5. The van der Waals surface area contributed by atoms with Gasteiger partial charge in [0.15, 0.2) is 5.69 Å². The number of alkyl halides is 3. The van der Waals surface area contributed by atoms with Gasteiger partial charge in [0.2, 0.25) is 0 Å². The van der Waals surface area contributed by atoms with Gasteiger partial charge in [0.25, 0.3) is 11.8 Å². The Bertz CT molecular complexity index is 1430. The molecule has 0 aliphatic heterocycles. The van der Waals surface area contributed by atoms with Crippen LogP contribution in [0.3, 0.4) is 0 Å². The van der Waals surface area contributed by atoms with E-state index < -0.39 is 29.4 Å². The molecule has 34 heavy (non-hydrogen) atoms. The summed E-state index contributed by atoms with van der Waals surface area (Å²) < 4.78 is 42.7. The van der Waals surface area contributed by atoms with E-state index in [-0.39, 0.29) is 23.5 Å². The molecule has 0 atom stereocenters. The van der Waals surface area contributed by atoms with E-state index in [1.165, 1.54) is 17.7 Å². The van der Waals surface area contributed by atoms with Crippen LogP contribution in [-0.2, 0) is 12.7 Å². The highest BCUT2D eigenvalue weighted by molar-refractivity contribution is 6.14. The molecule has 2 aromatic heterocycles. The minimum atomic E-state index is -4.80. The summed E-state index contributed by atoms with van der Waals surface area (Å²) in [6, 6.07) is 15.0. The van der Waals surface area contributed by atoms with Gasteiger partial charge in [-0.15, -0.1) is 0 Å². The number of nitrogens with one attached hydrogen (secondary N) is 1. The van der Waals surface area contributed by atoms with E-state index >= 15 is 0 Å². The topological polar surface area (TPSA) is 103 Å². The minimum Gasteiger partial charge on any atom is -0.364 e. The standard InChI is InChI=1S/C24H20F3N5O2/c1-13-6-5-7-15(10-13)12-32-14(2)20(21(31-32)24(25,26)27)30-23(34)17-11-19(22(28)33)29-18-9-4-3-8-16(17)18/h3-11H,12H2,1-2H3,(H2,28,33)(H,30,34). The second-order valence-corrected chi connectivity index (χ2v) is 7.84. The molecule has 2 aromatic carbocycles. The molecule has 0 spiro atoms. The van der Waals surface area contributed by atoms with E-state index in [1.54, 1.807) is 30.3 Å². The number of para-hydroxylation sites is 1. The number of anilines is 1. The van der Waals surface area contributed by atoms with E-state index in [1.807, 2.05) is 25.1 Å². The molecule has 2 amide bonds. The van der Waals surface area contributed by atoms with E-state index in [0.29, 0.717) is 10.9 Å². The van der Waals surface area contributed by atoms with Crippen molar-refractivity contribution in [3.05, 3.63) is 88.4 Å². The van der Waals surface area contributed by atoms with Gasteiger partial charge in [-0.05, 0) is 31.5 Å². The Morgan fingerprint density at radius 3 is 2.47 bits per heavy atom. The largest absolute Gasteiger partial charge is 0.437 e. The molecule has 0 aliphatic carbocycles. The van der Waals surface area contributed by atoms with E-state index in [9.17, 15) is 22.8 Å². The van der Waals surface area contributed by atoms with Crippen LogP contribution in [0.15, 0.2) is 54.6 Å². The lowest BCUT2D eigenvalue weighted by Crippen LogP contribution is -2.19. The zero-order valence-electron chi connectivity index (χ0n) is 18.3. The molecule has 0 fully saturated rings. The van der Waals surface area contributed by atoms with Crippen LogP contribution in [0.5, 0.6) is 0 Å². The average Bonchev–Trinajstić information content (AvgIpc) is 3.08. The number of carbonyl (C=O) groups is 2. The van der Waals surface area contributed by atoms with Crippen LogP contribution in [0.4, 0.5) is 18.9 Å². The van der Waals surface area contributed by atoms with Crippen LogP contribution < -0.4 is 11.1 Å². The van der Waals surface area contributed by atoms with Crippen LogP contribution in [-0.4, -0.2) is 26.6 Å². The maximum absolute atomic E-state index is 13.8. The number of aromatic nitrogens is 3. The molecule has 4 rings (SSSR count). The van der Waals surface area contributed by atoms with Crippen molar-refractivity contribution in [2.24, 2.45) is 5.73 Å². The van der Waals surface area contributed by atoms with Gasteiger partial charge in [-0.25, -0.2) is 4.98 Å². The number of carbonyl (C=O) groups excluding carboxylic acids is 2. The van der Waals surface area contributed by atoms with Gasteiger partial charge in [-0.3, -0.25) is 14.3 Å². The van der Waals surface area contributed by atoms with E-state index in [2.05, 4.69) is 15.4 Å². The van der Waals surface area contributed by atoms with Crippen molar-refractivity contribution < 1.29 is 22.8 Å². The summed E-state index contributed by atoms with van der Waals surface area (Å²) in [6.45, 7) is 3.43. The summed E-state index contributed by atoms with van der Waals surface area (Å²) >= 11 is 0. The van der Waals surface area contributed by atoms with Gasteiger partial charge in [0.1, 0.15) is 5.69 Å². The first-order chi connectivity index (χ1) is 16.0. The first-order valence-corrected chi connectivity index (χ1v) is 10.3. The van der Waals surface area contributed by atoms with Gasteiger partial charge in [-0.2, -0.15) is 18.3 Å². The molecule has 0 unspecified atom stereocenters. The van der Waals surface area contributed by atoms with Gasteiger partial charge >= 0.3 is 6.18 Å². The van der Waals surface area contributed by atoms with Crippen LogP contribution in [0.2, 0.25) is 0 Å². The summed E-state index contributed by atoms with van der Waals surface area (Å²) in [5.41, 5.74) is 5.63. The molecule has 0 saturated heterocycles. The number of pyridine rings is 1. The fourth-order valence-electron chi connectivity index (χ4n) is 3.70. The molecule has 2 heterocycles. The van der Waals surface area contributed by atoms with Crippen molar-refractivity contribution >= 4 is 28.4 Å². The first-order valence-electron chi connectivity index (χ1n) is 10.3. The van der Waals surface area contributed by atoms with Crippen molar-refractivity contribution in [1.82, 2.24) is 14.8 Å². The molecule has 10 heteroatoms. The molecule has 3 N–H and O–H groups in total. The van der Waals surface area contributed by atoms with Crippen LogP contribution in [0.25, 0.3) is 10.9 Å². The third kappa shape index (κ3) is 4.47. The lowest BCUT2D eigenvalue weighted by molar-refractivity contribution is -0.140. The molecular weight excluding hydrogens is 447 g/mol. The molecule has 7 nitrogen and oxygen atoms in total. The van der Waals surface area contributed by atoms with Gasteiger partial charge < -0.3 is 11.1 Å². The average molecular weight is 467 g/mol. The summed E-state index contributed by atoms with van der Waals surface area (Å²) in [5.74, 6) is -1.71. The van der Waals surface area contributed by atoms with E-state index in [4.69, 9.17) is 5.73 Å². The normalized spacial score (nSPS) is 11.6. The summed E-state index contributed by atoms with van der Waals surface area (Å²) in [4.78, 5) is 28.9. The molecule has 4 aromatic rings. The second kappa shape index (κ2) is 8.62. The van der Waals surface area contributed by atoms with Crippen molar-refractivity contribution in [3.8, 4) is 0 Å². The highest BCUT2D eigenvalue weighted by Crippen LogP contribution is 2.36. The van der Waals surface area contributed by atoms with Gasteiger partial charge in [0.05, 0.1) is 29.0 Å². The van der Waals surface area contributed by atoms with Crippen LogP contribution >= 0.6 is 0 Å². The van der Waals surface area contributed by atoms with Crippen LogP contribution in [0.1, 0.15) is 43.4 Å². The SMILES string of the molecule is Cc1cccc(Cn2nc(C(F)(F)F)c(NC(=O)c3cc(C(N)=O)nc4ccccc34)c2C)c1. The number of fused-ring (bicyclic) bond motifs is 1. The number of aryl methyl sites for hydroxylation is 1. The molecule has 0 radical (unpaired) electrons. The lowest BCUT2D eigenvalue weighted by Gasteiger charge is -2.11. The zero-order chi connectivity index (χ0) is 24.6. The summed E-state index contributed by atoms with van der Waals surface area (Å²) in [6.07, 6.45) is -4.80. The zero-order valence-corrected chi connectivity index (χ0v) is 18.3. The van der Waals surface area contributed by atoms with E-state index in [0.717, 1.165) is 11.1 Å².